The monoisotopic (exact) mass is 308 g/mol. The Balaban J connectivity index is 2.06. The lowest BCUT2D eigenvalue weighted by Gasteiger charge is -2.25. The van der Waals surface area contributed by atoms with E-state index >= 15 is 0 Å². The Morgan fingerprint density at radius 1 is 1.04 bits per heavy atom. The molecule has 0 aromatic heterocycles. The highest BCUT2D eigenvalue weighted by molar-refractivity contribution is 6.01. The minimum absolute atomic E-state index is 0.0177. The lowest BCUT2D eigenvalue weighted by molar-refractivity contribution is -0.151. The molecule has 0 saturated heterocycles. The average molecular weight is 308 g/mol. The SMILES string of the molecule is COC(=O)C1=C(c2ccccc2)CC(c2ccccc2)C(=O)O1. The van der Waals surface area contributed by atoms with Crippen LogP contribution < -0.4 is 0 Å². The number of ether oxygens (including phenoxy) is 2. The molecule has 1 aliphatic rings. The Morgan fingerprint density at radius 3 is 2.26 bits per heavy atom. The van der Waals surface area contributed by atoms with Gasteiger partial charge in [-0.2, -0.15) is 0 Å². The van der Waals surface area contributed by atoms with Crippen LogP contribution in [0.2, 0.25) is 0 Å². The molecule has 0 bridgehead atoms. The Morgan fingerprint density at radius 2 is 1.65 bits per heavy atom. The van der Waals surface area contributed by atoms with Crippen molar-refractivity contribution in [2.75, 3.05) is 7.11 Å². The van der Waals surface area contributed by atoms with Gasteiger partial charge in [-0.1, -0.05) is 60.7 Å². The molecule has 23 heavy (non-hydrogen) atoms. The molecule has 1 heterocycles. The van der Waals surface area contributed by atoms with E-state index in [2.05, 4.69) is 0 Å². The molecular formula is C19H16O4. The van der Waals surface area contributed by atoms with Gasteiger partial charge in [0.1, 0.15) is 0 Å². The first-order chi connectivity index (χ1) is 11.2. The van der Waals surface area contributed by atoms with Crippen molar-refractivity contribution >= 4 is 17.5 Å². The number of carbonyl (C=O) groups excluding carboxylic acids is 2. The molecule has 116 valence electrons. The number of rotatable bonds is 3. The van der Waals surface area contributed by atoms with Crippen LogP contribution >= 0.6 is 0 Å². The summed E-state index contributed by atoms with van der Waals surface area (Å²) in [6.45, 7) is 0. The van der Waals surface area contributed by atoms with Crippen molar-refractivity contribution in [2.45, 2.75) is 12.3 Å². The normalized spacial score (nSPS) is 17.6. The van der Waals surface area contributed by atoms with E-state index in [0.29, 0.717) is 12.0 Å². The number of hydrogen-bond acceptors (Lipinski definition) is 4. The van der Waals surface area contributed by atoms with Gasteiger partial charge in [-0.05, 0) is 17.5 Å². The van der Waals surface area contributed by atoms with Gasteiger partial charge in [0.15, 0.2) is 0 Å². The summed E-state index contributed by atoms with van der Waals surface area (Å²) >= 11 is 0. The molecule has 0 fully saturated rings. The third kappa shape index (κ3) is 3.01. The number of allylic oxidation sites excluding steroid dienone is 1. The second-order valence-electron chi connectivity index (χ2n) is 5.25. The second kappa shape index (κ2) is 6.48. The summed E-state index contributed by atoms with van der Waals surface area (Å²) < 4.78 is 10.1. The molecule has 2 aromatic rings. The Bertz CT molecular complexity index is 747. The number of benzene rings is 2. The van der Waals surface area contributed by atoms with Crippen molar-refractivity contribution in [3.63, 3.8) is 0 Å². The second-order valence-corrected chi connectivity index (χ2v) is 5.25. The van der Waals surface area contributed by atoms with Crippen molar-refractivity contribution in [3.8, 4) is 0 Å². The Labute approximate surface area is 134 Å². The van der Waals surface area contributed by atoms with Crippen molar-refractivity contribution in [3.05, 3.63) is 77.5 Å². The van der Waals surface area contributed by atoms with E-state index in [-0.39, 0.29) is 5.76 Å². The molecule has 4 nitrogen and oxygen atoms in total. The van der Waals surface area contributed by atoms with Gasteiger partial charge in [-0.25, -0.2) is 4.79 Å². The molecule has 0 aliphatic carbocycles. The van der Waals surface area contributed by atoms with Crippen molar-refractivity contribution in [1.29, 1.82) is 0 Å². The fraction of sp³-hybridized carbons (Fsp3) is 0.158. The summed E-state index contributed by atoms with van der Waals surface area (Å²) in [4.78, 5) is 24.3. The van der Waals surface area contributed by atoms with Gasteiger partial charge in [-0.15, -0.1) is 0 Å². The maximum Gasteiger partial charge on any atom is 0.374 e. The van der Waals surface area contributed by atoms with Crippen molar-refractivity contribution in [1.82, 2.24) is 0 Å². The quantitative estimate of drug-likeness (QED) is 0.816. The Hall–Kier alpha value is -2.88. The third-order valence-electron chi connectivity index (χ3n) is 3.86. The molecule has 0 amide bonds. The summed E-state index contributed by atoms with van der Waals surface area (Å²) in [5.74, 6) is -1.52. The lowest BCUT2D eigenvalue weighted by Crippen LogP contribution is -2.26. The van der Waals surface area contributed by atoms with Gasteiger partial charge in [0.2, 0.25) is 5.76 Å². The molecule has 1 atom stereocenters. The third-order valence-corrected chi connectivity index (χ3v) is 3.86. The first-order valence-corrected chi connectivity index (χ1v) is 7.34. The summed E-state index contributed by atoms with van der Waals surface area (Å²) in [6, 6.07) is 18.9. The molecular weight excluding hydrogens is 292 g/mol. The number of hydrogen-bond donors (Lipinski definition) is 0. The summed E-state index contributed by atoms with van der Waals surface area (Å²) in [6.07, 6.45) is 0.400. The van der Waals surface area contributed by atoms with E-state index < -0.39 is 17.9 Å². The van der Waals surface area contributed by atoms with Crippen molar-refractivity contribution in [2.24, 2.45) is 0 Å². The molecule has 1 unspecified atom stereocenters. The molecule has 0 radical (unpaired) electrons. The summed E-state index contributed by atoms with van der Waals surface area (Å²) in [7, 11) is 1.27. The molecule has 3 rings (SSSR count). The number of methoxy groups -OCH3 is 1. The van der Waals surface area contributed by atoms with Gasteiger partial charge >= 0.3 is 11.9 Å². The van der Waals surface area contributed by atoms with Crippen LogP contribution in [0, 0.1) is 0 Å². The van der Waals surface area contributed by atoms with Crippen LogP contribution in [0.5, 0.6) is 0 Å². The van der Waals surface area contributed by atoms with E-state index in [9.17, 15) is 9.59 Å². The molecule has 0 saturated carbocycles. The zero-order valence-electron chi connectivity index (χ0n) is 12.7. The van der Waals surface area contributed by atoms with Gasteiger partial charge in [0, 0.05) is 5.57 Å². The highest BCUT2D eigenvalue weighted by Gasteiger charge is 2.35. The van der Waals surface area contributed by atoms with Gasteiger partial charge in [0.05, 0.1) is 13.0 Å². The predicted molar refractivity (Wildman–Crippen MR) is 85.3 cm³/mol. The maximum absolute atomic E-state index is 12.3. The van der Waals surface area contributed by atoms with Crippen LogP contribution in [-0.4, -0.2) is 19.0 Å². The molecule has 1 aliphatic heterocycles. The van der Waals surface area contributed by atoms with Gasteiger partial charge < -0.3 is 9.47 Å². The standard InChI is InChI=1S/C19H16O4/c1-22-19(21)17-15(13-8-4-2-5-9-13)12-16(18(20)23-17)14-10-6-3-7-11-14/h2-11,16H,12H2,1H3. The van der Waals surface area contributed by atoms with Crippen LogP contribution in [-0.2, 0) is 19.1 Å². The number of cyclic esters (lactones) is 1. The minimum atomic E-state index is -0.635. The lowest BCUT2D eigenvalue weighted by atomic mass is 9.86. The highest BCUT2D eigenvalue weighted by Crippen LogP contribution is 2.37. The van der Waals surface area contributed by atoms with E-state index in [1.165, 1.54) is 7.11 Å². The van der Waals surface area contributed by atoms with Crippen LogP contribution in [0.3, 0.4) is 0 Å². The van der Waals surface area contributed by atoms with E-state index in [4.69, 9.17) is 9.47 Å². The van der Waals surface area contributed by atoms with E-state index in [0.717, 1.165) is 11.1 Å². The number of esters is 2. The zero-order chi connectivity index (χ0) is 16.2. The zero-order valence-corrected chi connectivity index (χ0v) is 12.7. The largest absolute Gasteiger partial charge is 0.463 e. The fourth-order valence-electron chi connectivity index (χ4n) is 2.70. The molecule has 2 aromatic carbocycles. The molecule has 0 spiro atoms. The predicted octanol–water partition coefficient (Wildman–Crippen LogP) is 3.30. The van der Waals surface area contributed by atoms with Crippen LogP contribution in [0.15, 0.2) is 66.4 Å². The summed E-state index contributed by atoms with van der Waals surface area (Å²) in [5.41, 5.74) is 2.40. The van der Waals surface area contributed by atoms with Crippen LogP contribution in [0.4, 0.5) is 0 Å². The first-order valence-electron chi connectivity index (χ1n) is 7.34. The first kappa shape index (κ1) is 15.0. The van der Waals surface area contributed by atoms with Crippen LogP contribution in [0.25, 0.3) is 5.57 Å². The molecule has 4 heteroatoms. The minimum Gasteiger partial charge on any atom is -0.463 e. The van der Waals surface area contributed by atoms with Crippen LogP contribution in [0.1, 0.15) is 23.5 Å². The summed E-state index contributed by atoms with van der Waals surface area (Å²) in [5, 5.41) is 0. The van der Waals surface area contributed by atoms with E-state index in [1.807, 2.05) is 60.7 Å². The van der Waals surface area contributed by atoms with E-state index in [1.54, 1.807) is 0 Å². The smallest absolute Gasteiger partial charge is 0.374 e. The topological polar surface area (TPSA) is 52.6 Å². The maximum atomic E-state index is 12.3. The number of carbonyl (C=O) groups is 2. The van der Waals surface area contributed by atoms with Crippen molar-refractivity contribution < 1.29 is 19.1 Å². The Kier molecular flexibility index (Phi) is 4.24. The van der Waals surface area contributed by atoms with Gasteiger partial charge in [-0.3, -0.25) is 4.79 Å². The average Bonchev–Trinajstić information content (AvgIpc) is 2.62. The fourth-order valence-corrected chi connectivity index (χ4v) is 2.70. The highest BCUT2D eigenvalue weighted by atomic mass is 16.6. The molecule has 0 N–H and O–H groups in total. The van der Waals surface area contributed by atoms with Gasteiger partial charge in [0.25, 0.3) is 0 Å².